The highest BCUT2D eigenvalue weighted by Crippen LogP contribution is 2.36. The zero-order valence-electron chi connectivity index (χ0n) is 15.1. The summed E-state index contributed by atoms with van der Waals surface area (Å²) in [6.07, 6.45) is -1.25. The Kier molecular flexibility index (Phi) is 4.61. The van der Waals surface area contributed by atoms with Crippen LogP contribution in [0.1, 0.15) is 18.9 Å². The van der Waals surface area contributed by atoms with Crippen LogP contribution in [0.15, 0.2) is 60.0 Å². The van der Waals surface area contributed by atoms with E-state index in [1.165, 1.54) is 24.3 Å². The summed E-state index contributed by atoms with van der Waals surface area (Å²) in [6, 6.07) is 10.8. The number of H-pyrrole nitrogens is 1. The Bertz CT molecular complexity index is 1000. The topological polar surface area (TPSA) is 81.6 Å². The van der Waals surface area contributed by atoms with Crippen molar-refractivity contribution in [1.29, 1.82) is 0 Å². The van der Waals surface area contributed by atoms with Crippen LogP contribution in [0.2, 0.25) is 0 Å². The molecular formula is C19H15F3N4O3. The maximum Gasteiger partial charge on any atom is 0.573 e. The molecule has 10 heteroatoms. The van der Waals surface area contributed by atoms with Gasteiger partial charge >= 0.3 is 6.36 Å². The Morgan fingerprint density at radius 2 is 1.83 bits per heavy atom. The number of halogens is 3. The van der Waals surface area contributed by atoms with Crippen LogP contribution in [0.25, 0.3) is 11.4 Å². The number of pyridine rings is 1. The first-order valence-electron chi connectivity index (χ1n) is 8.56. The Balaban J connectivity index is 1.40. The second kappa shape index (κ2) is 7.12. The number of nitrogens with zero attached hydrogens (tertiary/aromatic N) is 3. The first kappa shape index (κ1) is 18.8. The van der Waals surface area contributed by atoms with Crippen LogP contribution in [-0.4, -0.2) is 27.4 Å². The molecule has 0 spiro atoms. The van der Waals surface area contributed by atoms with Gasteiger partial charge in [-0.3, -0.25) is 10.1 Å². The minimum atomic E-state index is -4.74. The molecule has 1 N–H and O–H groups in total. The van der Waals surface area contributed by atoms with Crippen LogP contribution >= 0.6 is 0 Å². The number of oxime groups is 1. The number of nitrogens with one attached hydrogen (secondary N) is 1. The molecule has 1 aliphatic heterocycles. The quantitative estimate of drug-likeness (QED) is 0.697. The van der Waals surface area contributed by atoms with E-state index in [1.54, 1.807) is 37.5 Å². The van der Waals surface area contributed by atoms with Gasteiger partial charge in [0, 0.05) is 6.20 Å². The van der Waals surface area contributed by atoms with Gasteiger partial charge in [-0.1, -0.05) is 17.3 Å². The molecular weight excluding hydrogens is 389 g/mol. The molecule has 1 atom stereocenters. The van der Waals surface area contributed by atoms with Crippen molar-refractivity contribution in [2.24, 2.45) is 5.16 Å². The zero-order valence-corrected chi connectivity index (χ0v) is 15.1. The van der Waals surface area contributed by atoms with Crippen molar-refractivity contribution >= 4 is 5.90 Å². The second-order valence-electron chi connectivity index (χ2n) is 6.51. The van der Waals surface area contributed by atoms with Gasteiger partial charge in [0.1, 0.15) is 11.5 Å². The molecule has 0 bridgehead atoms. The van der Waals surface area contributed by atoms with E-state index in [9.17, 15) is 13.2 Å². The van der Waals surface area contributed by atoms with Gasteiger partial charge in [-0.2, -0.15) is 5.10 Å². The van der Waals surface area contributed by atoms with Gasteiger partial charge < -0.3 is 14.3 Å². The number of ether oxygens (including phenoxy) is 2. The second-order valence-corrected chi connectivity index (χ2v) is 6.51. The lowest BCUT2D eigenvalue weighted by atomic mass is 9.93. The Morgan fingerprint density at radius 1 is 1.07 bits per heavy atom. The van der Waals surface area contributed by atoms with Crippen LogP contribution in [0.3, 0.4) is 0 Å². The number of hydrogen-bond donors (Lipinski definition) is 1. The lowest BCUT2D eigenvalue weighted by molar-refractivity contribution is -0.274. The molecule has 0 radical (unpaired) electrons. The monoisotopic (exact) mass is 404 g/mol. The molecule has 1 aromatic carbocycles. The molecule has 29 heavy (non-hydrogen) atoms. The summed E-state index contributed by atoms with van der Waals surface area (Å²) in [6.45, 7) is 1.77. The summed E-state index contributed by atoms with van der Waals surface area (Å²) < 4.78 is 46.5. The SMILES string of the molecule is C[C@]1(c2ccc(OC(F)(F)F)cc2)CC(Oc2ccc(-c3ccn[nH]3)nc2)=NO1. The predicted molar refractivity (Wildman–Crippen MR) is 96.1 cm³/mol. The van der Waals surface area contributed by atoms with E-state index < -0.39 is 12.0 Å². The Labute approximate surface area is 163 Å². The number of aromatic amines is 1. The van der Waals surface area contributed by atoms with Crippen molar-refractivity contribution in [2.75, 3.05) is 0 Å². The average molecular weight is 404 g/mol. The zero-order chi connectivity index (χ0) is 20.5. The van der Waals surface area contributed by atoms with Gasteiger partial charge in [-0.25, -0.2) is 0 Å². The fourth-order valence-corrected chi connectivity index (χ4v) is 2.86. The molecule has 0 fully saturated rings. The minimum absolute atomic E-state index is 0.300. The third-order valence-electron chi connectivity index (χ3n) is 4.28. The van der Waals surface area contributed by atoms with Crippen LogP contribution in [-0.2, 0) is 10.4 Å². The number of aromatic nitrogens is 3. The van der Waals surface area contributed by atoms with Crippen molar-refractivity contribution in [2.45, 2.75) is 25.3 Å². The summed E-state index contributed by atoms with van der Waals surface area (Å²) in [4.78, 5) is 9.80. The van der Waals surface area contributed by atoms with Gasteiger partial charge in [0.25, 0.3) is 0 Å². The standard InChI is InChI=1S/C19H15F3N4O3/c1-18(12-2-4-13(5-3-12)28-19(20,21)22)10-17(26-29-18)27-14-6-7-15(23-11-14)16-8-9-24-25-16/h2-9,11H,10H2,1H3,(H,24,25)/t18-/m1/s1. The number of rotatable bonds is 4. The van der Waals surface area contributed by atoms with E-state index in [0.29, 0.717) is 29.3 Å². The van der Waals surface area contributed by atoms with E-state index >= 15 is 0 Å². The van der Waals surface area contributed by atoms with Crippen molar-refractivity contribution in [3.63, 3.8) is 0 Å². The fourth-order valence-electron chi connectivity index (χ4n) is 2.86. The highest BCUT2D eigenvalue weighted by Gasteiger charge is 2.38. The first-order valence-corrected chi connectivity index (χ1v) is 8.56. The average Bonchev–Trinajstić information content (AvgIpc) is 3.33. The van der Waals surface area contributed by atoms with Crippen LogP contribution in [0.5, 0.6) is 11.5 Å². The molecule has 1 aliphatic rings. The Morgan fingerprint density at radius 3 is 2.45 bits per heavy atom. The maximum atomic E-state index is 12.3. The number of hydrogen-bond acceptors (Lipinski definition) is 6. The number of alkyl halides is 3. The molecule has 0 amide bonds. The van der Waals surface area contributed by atoms with Crippen LogP contribution < -0.4 is 9.47 Å². The summed E-state index contributed by atoms with van der Waals surface area (Å²) in [5.74, 6) is 0.511. The first-order chi connectivity index (χ1) is 13.8. The molecule has 0 unspecified atom stereocenters. The van der Waals surface area contributed by atoms with E-state index in [0.717, 1.165) is 5.69 Å². The van der Waals surface area contributed by atoms with E-state index in [1.807, 2.05) is 0 Å². The largest absolute Gasteiger partial charge is 0.573 e. The third-order valence-corrected chi connectivity index (χ3v) is 4.28. The highest BCUT2D eigenvalue weighted by atomic mass is 19.4. The smallest absolute Gasteiger partial charge is 0.438 e. The number of benzene rings is 1. The van der Waals surface area contributed by atoms with Gasteiger partial charge in [-0.05, 0) is 42.8 Å². The van der Waals surface area contributed by atoms with Gasteiger partial charge in [0.05, 0.1) is 24.0 Å². The lowest BCUT2D eigenvalue weighted by Crippen LogP contribution is -2.23. The van der Waals surface area contributed by atoms with Crippen LogP contribution in [0.4, 0.5) is 13.2 Å². The lowest BCUT2D eigenvalue weighted by Gasteiger charge is -2.21. The van der Waals surface area contributed by atoms with E-state index in [-0.39, 0.29) is 5.75 Å². The van der Waals surface area contributed by atoms with E-state index in [2.05, 4.69) is 25.1 Å². The van der Waals surface area contributed by atoms with Crippen molar-refractivity contribution in [3.05, 3.63) is 60.4 Å². The van der Waals surface area contributed by atoms with Gasteiger partial charge in [-0.15, -0.1) is 13.2 Å². The predicted octanol–water partition coefficient (Wildman–Crippen LogP) is 4.40. The minimum Gasteiger partial charge on any atom is -0.438 e. The third kappa shape index (κ3) is 4.31. The molecule has 4 rings (SSSR count). The molecule has 7 nitrogen and oxygen atoms in total. The summed E-state index contributed by atoms with van der Waals surface area (Å²) in [5, 5.41) is 10.7. The Hall–Kier alpha value is -3.56. The molecule has 3 heterocycles. The molecule has 0 aliphatic carbocycles. The molecule has 0 saturated carbocycles. The van der Waals surface area contributed by atoms with Gasteiger partial charge in [0.15, 0.2) is 5.60 Å². The van der Waals surface area contributed by atoms with Crippen molar-refractivity contribution in [3.8, 4) is 22.9 Å². The summed E-state index contributed by atoms with van der Waals surface area (Å²) >= 11 is 0. The van der Waals surface area contributed by atoms with Gasteiger partial charge in [0.2, 0.25) is 5.90 Å². The van der Waals surface area contributed by atoms with Crippen molar-refractivity contribution in [1.82, 2.24) is 15.2 Å². The highest BCUT2D eigenvalue weighted by molar-refractivity contribution is 5.80. The van der Waals surface area contributed by atoms with Crippen molar-refractivity contribution < 1.29 is 27.5 Å². The van der Waals surface area contributed by atoms with Crippen LogP contribution in [0, 0.1) is 0 Å². The maximum absolute atomic E-state index is 12.3. The molecule has 2 aromatic heterocycles. The summed E-state index contributed by atoms with van der Waals surface area (Å²) in [5.41, 5.74) is 1.27. The molecule has 0 saturated heterocycles. The summed E-state index contributed by atoms with van der Waals surface area (Å²) in [7, 11) is 0. The molecule has 3 aromatic rings. The van der Waals surface area contributed by atoms with E-state index in [4.69, 9.17) is 9.57 Å². The normalized spacial score (nSPS) is 18.8. The molecule has 150 valence electrons. The fraction of sp³-hybridized carbons (Fsp3) is 0.211.